The number of halogens is 1. The van der Waals surface area contributed by atoms with Gasteiger partial charge in [-0.15, -0.1) is 0 Å². The number of amides is 1. The number of pyridine rings is 1. The van der Waals surface area contributed by atoms with Crippen molar-refractivity contribution in [1.29, 1.82) is 0 Å². The van der Waals surface area contributed by atoms with Gasteiger partial charge < -0.3 is 10.2 Å². The quantitative estimate of drug-likeness (QED) is 0.921. The van der Waals surface area contributed by atoms with Crippen molar-refractivity contribution in [3.63, 3.8) is 0 Å². The van der Waals surface area contributed by atoms with Crippen LogP contribution in [0.4, 0.5) is 10.2 Å². The molecule has 110 valence electrons. The summed E-state index contributed by atoms with van der Waals surface area (Å²) in [4.78, 5) is 18.6. The zero-order valence-corrected chi connectivity index (χ0v) is 12.3. The molecule has 1 saturated heterocycles. The predicted molar refractivity (Wildman–Crippen MR) is 77.3 cm³/mol. The van der Waals surface area contributed by atoms with E-state index >= 15 is 0 Å². The molecule has 2 unspecified atom stereocenters. The smallest absolute Gasteiger partial charge is 0.258 e. The number of carbonyl (C=O) groups is 1. The highest BCUT2D eigenvalue weighted by Crippen LogP contribution is 2.29. The molecular weight excluding hydrogens is 257 g/mol. The van der Waals surface area contributed by atoms with E-state index in [2.05, 4.69) is 17.2 Å². The maximum absolute atomic E-state index is 13.4. The van der Waals surface area contributed by atoms with E-state index in [1.807, 2.05) is 18.7 Å². The lowest BCUT2D eigenvalue weighted by Crippen LogP contribution is -2.40. The van der Waals surface area contributed by atoms with Crippen LogP contribution in [0.1, 0.15) is 50.4 Å². The Labute approximate surface area is 119 Å². The zero-order chi connectivity index (χ0) is 14.7. The minimum atomic E-state index is -0.477. The molecule has 1 amide bonds. The fourth-order valence-electron chi connectivity index (χ4n) is 2.89. The average molecular weight is 279 g/mol. The summed E-state index contributed by atoms with van der Waals surface area (Å²) in [6, 6.07) is 1.73. The van der Waals surface area contributed by atoms with Crippen molar-refractivity contribution < 1.29 is 9.18 Å². The maximum Gasteiger partial charge on any atom is 0.258 e. The minimum Gasteiger partial charge on any atom is -0.370 e. The number of rotatable bonds is 4. The van der Waals surface area contributed by atoms with E-state index in [0.717, 1.165) is 25.5 Å². The molecule has 0 saturated carbocycles. The van der Waals surface area contributed by atoms with Gasteiger partial charge in [-0.25, -0.2) is 9.37 Å². The van der Waals surface area contributed by atoms with Crippen LogP contribution in [0.2, 0.25) is 0 Å². The normalized spacial score (nSPS) is 22.1. The van der Waals surface area contributed by atoms with E-state index in [9.17, 15) is 9.18 Å². The van der Waals surface area contributed by atoms with Gasteiger partial charge in [-0.2, -0.15) is 0 Å². The van der Waals surface area contributed by atoms with Gasteiger partial charge in [-0.05, 0) is 39.2 Å². The zero-order valence-electron chi connectivity index (χ0n) is 12.3. The fraction of sp³-hybridized carbons (Fsp3) is 0.600. The van der Waals surface area contributed by atoms with E-state index in [4.69, 9.17) is 0 Å². The predicted octanol–water partition coefficient (Wildman–Crippen LogP) is 3.06. The molecule has 1 fully saturated rings. The summed E-state index contributed by atoms with van der Waals surface area (Å²) in [6.45, 7) is 6.70. The number of hydrogen-bond acceptors (Lipinski definition) is 3. The molecule has 1 aromatic heterocycles. The van der Waals surface area contributed by atoms with Gasteiger partial charge in [0.2, 0.25) is 0 Å². The monoisotopic (exact) mass is 279 g/mol. The Bertz CT molecular complexity index is 492. The van der Waals surface area contributed by atoms with Gasteiger partial charge >= 0.3 is 0 Å². The second kappa shape index (κ2) is 6.20. The van der Waals surface area contributed by atoms with Crippen LogP contribution in [0.3, 0.4) is 0 Å². The standard InChI is InChI=1S/C15H22FN3O/c1-4-12-7-6-10(3)19(12)15(20)13-8-11(16)9-18-14(13)17-5-2/h8-10,12H,4-7H2,1-3H3,(H,17,18). The molecule has 20 heavy (non-hydrogen) atoms. The minimum absolute atomic E-state index is 0.121. The Balaban J connectivity index is 2.34. The van der Waals surface area contributed by atoms with Gasteiger partial charge in [-0.3, -0.25) is 4.79 Å². The molecule has 1 N–H and O–H groups in total. The second-order valence-corrected chi connectivity index (χ2v) is 5.28. The third-order valence-corrected chi connectivity index (χ3v) is 3.92. The van der Waals surface area contributed by atoms with Crippen molar-refractivity contribution in [3.05, 3.63) is 23.6 Å². The van der Waals surface area contributed by atoms with Gasteiger partial charge in [-0.1, -0.05) is 6.92 Å². The average Bonchev–Trinajstić information content (AvgIpc) is 2.81. The molecule has 5 heteroatoms. The Morgan fingerprint density at radius 1 is 1.50 bits per heavy atom. The molecule has 2 atom stereocenters. The van der Waals surface area contributed by atoms with E-state index in [0.29, 0.717) is 17.9 Å². The van der Waals surface area contributed by atoms with Crippen molar-refractivity contribution in [1.82, 2.24) is 9.88 Å². The van der Waals surface area contributed by atoms with Gasteiger partial charge in [0, 0.05) is 18.6 Å². The van der Waals surface area contributed by atoms with Crippen molar-refractivity contribution in [2.24, 2.45) is 0 Å². The van der Waals surface area contributed by atoms with E-state index in [1.165, 1.54) is 6.07 Å². The molecule has 1 aromatic rings. The SMILES string of the molecule is CCNc1ncc(F)cc1C(=O)N1C(C)CCC1CC. The topological polar surface area (TPSA) is 45.2 Å². The van der Waals surface area contributed by atoms with Crippen molar-refractivity contribution in [2.45, 2.75) is 52.1 Å². The highest BCUT2D eigenvalue weighted by molar-refractivity contribution is 5.99. The molecule has 0 spiro atoms. The fourth-order valence-corrected chi connectivity index (χ4v) is 2.89. The van der Waals surface area contributed by atoms with E-state index in [1.54, 1.807) is 0 Å². The van der Waals surface area contributed by atoms with Crippen molar-refractivity contribution >= 4 is 11.7 Å². The largest absolute Gasteiger partial charge is 0.370 e. The first-order valence-corrected chi connectivity index (χ1v) is 7.30. The summed E-state index contributed by atoms with van der Waals surface area (Å²) in [5, 5.41) is 3.03. The molecular formula is C15H22FN3O. The molecule has 1 aliphatic rings. The Hall–Kier alpha value is -1.65. The van der Waals surface area contributed by atoms with E-state index in [-0.39, 0.29) is 18.0 Å². The molecule has 0 bridgehead atoms. The highest BCUT2D eigenvalue weighted by Gasteiger charge is 2.34. The van der Waals surface area contributed by atoms with Crippen molar-refractivity contribution in [2.75, 3.05) is 11.9 Å². The van der Waals surface area contributed by atoms with Crippen LogP contribution in [-0.4, -0.2) is 34.4 Å². The molecule has 2 heterocycles. The summed E-state index contributed by atoms with van der Waals surface area (Å²) in [5.74, 6) is -0.132. The van der Waals surface area contributed by atoms with Crippen LogP contribution in [0.25, 0.3) is 0 Å². The van der Waals surface area contributed by atoms with Crippen LogP contribution in [-0.2, 0) is 0 Å². The molecule has 2 rings (SSSR count). The summed E-state index contributed by atoms with van der Waals surface area (Å²) < 4.78 is 13.4. The number of anilines is 1. The summed E-state index contributed by atoms with van der Waals surface area (Å²) >= 11 is 0. The van der Waals surface area contributed by atoms with Gasteiger partial charge in [0.1, 0.15) is 11.6 Å². The number of carbonyl (C=O) groups excluding carboxylic acids is 1. The van der Waals surface area contributed by atoms with Crippen LogP contribution in [0, 0.1) is 5.82 Å². The number of likely N-dealkylation sites (tertiary alicyclic amines) is 1. The first-order chi connectivity index (χ1) is 9.58. The van der Waals surface area contributed by atoms with Crippen molar-refractivity contribution in [3.8, 4) is 0 Å². The summed E-state index contributed by atoms with van der Waals surface area (Å²) in [5.41, 5.74) is 0.332. The molecule has 0 aliphatic carbocycles. The first-order valence-electron chi connectivity index (χ1n) is 7.30. The van der Waals surface area contributed by atoms with Gasteiger partial charge in [0.25, 0.3) is 5.91 Å². The lowest BCUT2D eigenvalue weighted by molar-refractivity contribution is 0.0676. The van der Waals surface area contributed by atoms with Gasteiger partial charge in [0.05, 0.1) is 11.8 Å². The van der Waals surface area contributed by atoms with Crippen LogP contribution in [0.15, 0.2) is 12.3 Å². The third kappa shape index (κ3) is 2.76. The second-order valence-electron chi connectivity index (χ2n) is 5.28. The lowest BCUT2D eigenvalue weighted by atomic mass is 10.1. The Morgan fingerprint density at radius 3 is 2.90 bits per heavy atom. The van der Waals surface area contributed by atoms with Gasteiger partial charge in [0.15, 0.2) is 0 Å². The van der Waals surface area contributed by atoms with Crippen LogP contribution in [0.5, 0.6) is 0 Å². The highest BCUT2D eigenvalue weighted by atomic mass is 19.1. The number of aromatic nitrogens is 1. The van der Waals surface area contributed by atoms with Crippen LogP contribution >= 0.6 is 0 Å². The molecule has 0 aromatic carbocycles. The molecule has 1 aliphatic heterocycles. The molecule has 0 radical (unpaired) electrons. The summed E-state index contributed by atoms with van der Waals surface area (Å²) in [7, 11) is 0. The lowest BCUT2D eigenvalue weighted by Gasteiger charge is -2.28. The van der Waals surface area contributed by atoms with E-state index < -0.39 is 5.82 Å². The van der Waals surface area contributed by atoms with Crippen LogP contribution < -0.4 is 5.32 Å². The number of nitrogens with zero attached hydrogens (tertiary/aromatic N) is 2. The Kier molecular flexibility index (Phi) is 4.57. The number of nitrogens with one attached hydrogen (secondary N) is 1. The number of hydrogen-bond donors (Lipinski definition) is 1. The summed E-state index contributed by atoms with van der Waals surface area (Å²) in [6.07, 6.45) is 4.08. The third-order valence-electron chi connectivity index (χ3n) is 3.92. The maximum atomic E-state index is 13.4. The first kappa shape index (κ1) is 14.8. The Morgan fingerprint density at radius 2 is 2.25 bits per heavy atom. The molecule has 4 nitrogen and oxygen atoms in total.